The first-order valence-electron chi connectivity index (χ1n) is 17.0. The molecule has 0 saturated heterocycles. The van der Waals surface area contributed by atoms with Crippen LogP contribution in [0.25, 0.3) is 98.4 Å². The minimum Gasteiger partial charge on any atom is -0.247 e. The Balaban J connectivity index is 1.16. The zero-order chi connectivity index (χ0) is 33.7. The van der Waals surface area contributed by atoms with Gasteiger partial charge in [-0.2, -0.15) is 0 Å². The number of benzene rings is 7. The number of pyridine rings is 1. The summed E-state index contributed by atoms with van der Waals surface area (Å²) in [6.45, 7) is 0. The van der Waals surface area contributed by atoms with E-state index in [4.69, 9.17) is 19.9 Å². The Kier molecular flexibility index (Phi) is 6.96. The number of hydrogen-bond donors (Lipinski definition) is 0. The molecule has 0 atom stereocenters. The molecule has 5 heteroatoms. The van der Waals surface area contributed by atoms with Gasteiger partial charge in [-0.25, -0.2) is 19.9 Å². The lowest BCUT2D eigenvalue weighted by atomic mass is 9.98. The van der Waals surface area contributed by atoms with Crippen molar-refractivity contribution in [2.45, 2.75) is 0 Å². The Bertz CT molecular complexity index is 2900. The fraction of sp³-hybridized carbons (Fsp3) is 0. The van der Waals surface area contributed by atoms with E-state index < -0.39 is 0 Å². The fourth-order valence-corrected chi connectivity index (χ4v) is 8.30. The summed E-state index contributed by atoms with van der Waals surface area (Å²) in [5.41, 5.74) is 8.06. The zero-order valence-electron chi connectivity index (χ0n) is 27.4. The van der Waals surface area contributed by atoms with Crippen molar-refractivity contribution < 1.29 is 0 Å². The summed E-state index contributed by atoms with van der Waals surface area (Å²) in [5, 5.41) is 6.04. The first-order valence-corrected chi connectivity index (χ1v) is 17.8. The van der Waals surface area contributed by atoms with Gasteiger partial charge in [0.25, 0.3) is 0 Å². The van der Waals surface area contributed by atoms with E-state index in [0.29, 0.717) is 17.5 Å². The van der Waals surface area contributed by atoms with E-state index in [1.807, 2.05) is 47.7 Å². The summed E-state index contributed by atoms with van der Waals surface area (Å²) in [4.78, 5) is 20.5. The van der Waals surface area contributed by atoms with E-state index in [9.17, 15) is 0 Å². The molecule has 0 unspecified atom stereocenters. The second-order valence-corrected chi connectivity index (χ2v) is 13.7. The first kappa shape index (κ1) is 29.4. The summed E-state index contributed by atoms with van der Waals surface area (Å²) < 4.78 is 2.51. The van der Waals surface area contributed by atoms with Crippen molar-refractivity contribution in [2.24, 2.45) is 0 Å². The molecule has 0 fully saturated rings. The van der Waals surface area contributed by atoms with E-state index in [1.165, 1.54) is 41.9 Å². The van der Waals surface area contributed by atoms with Crippen LogP contribution in [-0.4, -0.2) is 19.9 Å². The molecular formula is C46H28N4S. The standard InChI is InChI=1S/C46H28N4S/c1-3-12-29(13-4-1)30-22-24-33(25-23-30)45-48-44(32-15-5-2-6-16-32)49-46(50-45)35-18-11-17-34(28-35)42-41-37-20-9-10-21-39(37)51-43(41)40-36-19-8-7-14-31(36)26-27-38(40)47-42/h1-28H. The van der Waals surface area contributed by atoms with Crippen LogP contribution in [0.3, 0.4) is 0 Å². The normalized spacial score (nSPS) is 11.5. The predicted molar refractivity (Wildman–Crippen MR) is 213 cm³/mol. The molecule has 7 aromatic carbocycles. The average Bonchev–Trinajstić information content (AvgIpc) is 3.61. The van der Waals surface area contributed by atoms with Crippen LogP contribution in [0.1, 0.15) is 0 Å². The molecule has 4 nitrogen and oxygen atoms in total. The van der Waals surface area contributed by atoms with E-state index in [0.717, 1.165) is 39.0 Å². The SMILES string of the molecule is c1ccc(-c2ccc(-c3nc(-c4ccccc4)nc(-c4cccc(-c5nc6ccc7ccccc7c6c6sc7ccccc7c56)c4)n3)cc2)cc1. The molecule has 10 aromatic rings. The van der Waals surface area contributed by atoms with Crippen molar-refractivity contribution >= 4 is 53.2 Å². The number of hydrogen-bond acceptors (Lipinski definition) is 5. The lowest BCUT2D eigenvalue weighted by molar-refractivity contribution is 1.07. The number of thiophene rings is 1. The fourth-order valence-electron chi connectivity index (χ4n) is 7.03. The first-order chi connectivity index (χ1) is 25.3. The van der Waals surface area contributed by atoms with Crippen LogP contribution in [0.15, 0.2) is 170 Å². The van der Waals surface area contributed by atoms with Crippen LogP contribution in [0.5, 0.6) is 0 Å². The molecule has 0 aliphatic heterocycles. The highest BCUT2D eigenvalue weighted by Crippen LogP contribution is 2.45. The van der Waals surface area contributed by atoms with E-state index in [-0.39, 0.29) is 0 Å². The third kappa shape index (κ3) is 5.14. The van der Waals surface area contributed by atoms with Gasteiger partial charge >= 0.3 is 0 Å². The maximum Gasteiger partial charge on any atom is 0.164 e. The maximum atomic E-state index is 5.40. The van der Waals surface area contributed by atoms with Crippen LogP contribution in [-0.2, 0) is 0 Å². The highest BCUT2D eigenvalue weighted by atomic mass is 32.1. The van der Waals surface area contributed by atoms with Crippen molar-refractivity contribution in [3.05, 3.63) is 170 Å². The van der Waals surface area contributed by atoms with Crippen molar-refractivity contribution in [1.29, 1.82) is 0 Å². The molecule has 0 amide bonds. The Morgan fingerprint density at radius 2 is 0.902 bits per heavy atom. The second kappa shape index (κ2) is 12.1. The van der Waals surface area contributed by atoms with Crippen molar-refractivity contribution in [3.8, 4) is 56.5 Å². The van der Waals surface area contributed by atoms with Crippen LogP contribution >= 0.6 is 11.3 Å². The molecule has 238 valence electrons. The van der Waals surface area contributed by atoms with Crippen LogP contribution < -0.4 is 0 Å². The number of aromatic nitrogens is 4. The molecule has 3 heterocycles. The van der Waals surface area contributed by atoms with Gasteiger partial charge in [0.1, 0.15) is 0 Å². The molecule has 0 saturated carbocycles. The van der Waals surface area contributed by atoms with Gasteiger partial charge in [0.15, 0.2) is 17.5 Å². The van der Waals surface area contributed by atoms with Gasteiger partial charge in [0.05, 0.1) is 11.2 Å². The molecule has 10 rings (SSSR count). The minimum absolute atomic E-state index is 0.617. The van der Waals surface area contributed by atoms with E-state index in [1.54, 1.807) is 0 Å². The van der Waals surface area contributed by atoms with Crippen LogP contribution in [0.2, 0.25) is 0 Å². The van der Waals surface area contributed by atoms with Crippen molar-refractivity contribution in [2.75, 3.05) is 0 Å². The Morgan fingerprint density at radius 1 is 0.353 bits per heavy atom. The van der Waals surface area contributed by atoms with E-state index in [2.05, 4.69) is 133 Å². The zero-order valence-corrected chi connectivity index (χ0v) is 28.2. The van der Waals surface area contributed by atoms with Crippen molar-refractivity contribution in [1.82, 2.24) is 19.9 Å². The summed E-state index contributed by atoms with van der Waals surface area (Å²) >= 11 is 1.84. The Morgan fingerprint density at radius 3 is 1.67 bits per heavy atom. The molecule has 0 radical (unpaired) electrons. The summed E-state index contributed by atoms with van der Waals surface area (Å²) in [5.74, 6) is 1.88. The predicted octanol–water partition coefficient (Wildman–Crippen LogP) is 12.3. The largest absolute Gasteiger partial charge is 0.247 e. The van der Waals surface area contributed by atoms with Gasteiger partial charge in [-0.05, 0) is 40.1 Å². The molecule has 3 aromatic heterocycles. The maximum absolute atomic E-state index is 5.40. The average molecular weight is 669 g/mol. The number of nitrogens with zero attached hydrogens (tertiary/aromatic N) is 4. The summed E-state index contributed by atoms with van der Waals surface area (Å²) in [6, 6.07) is 59.0. The monoisotopic (exact) mass is 668 g/mol. The lowest BCUT2D eigenvalue weighted by Crippen LogP contribution is -2.00. The molecule has 51 heavy (non-hydrogen) atoms. The highest BCUT2D eigenvalue weighted by molar-refractivity contribution is 7.27. The van der Waals surface area contributed by atoms with E-state index >= 15 is 0 Å². The quantitative estimate of drug-likeness (QED) is 0.171. The van der Waals surface area contributed by atoms with Gasteiger partial charge in [-0.1, -0.05) is 152 Å². The number of fused-ring (bicyclic) bond motifs is 7. The third-order valence-electron chi connectivity index (χ3n) is 9.51. The molecule has 0 spiro atoms. The highest BCUT2D eigenvalue weighted by Gasteiger charge is 2.19. The minimum atomic E-state index is 0.617. The lowest BCUT2D eigenvalue weighted by Gasteiger charge is -2.12. The molecule has 0 aliphatic rings. The van der Waals surface area contributed by atoms with Crippen molar-refractivity contribution in [3.63, 3.8) is 0 Å². The summed E-state index contributed by atoms with van der Waals surface area (Å²) in [7, 11) is 0. The van der Waals surface area contributed by atoms with Gasteiger partial charge in [0, 0.05) is 47.8 Å². The molecular weight excluding hydrogens is 641 g/mol. The number of rotatable bonds is 5. The topological polar surface area (TPSA) is 51.6 Å². The van der Waals surface area contributed by atoms with Crippen LogP contribution in [0, 0.1) is 0 Å². The van der Waals surface area contributed by atoms with Crippen LogP contribution in [0.4, 0.5) is 0 Å². The Hall–Kier alpha value is -6.56. The Labute approximate surface area is 298 Å². The van der Waals surface area contributed by atoms with Gasteiger partial charge in [-0.15, -0.1) is 11.3 Å². The molecule has 0 aliphatic carbocycles. The summed E-state index contributed by atoms with van der Waals surface area (Å²) in [6.07, 6.45) is 0. The van der Waals surface area contributed by atoms with Gasteiger partial charge < -0.3 is 0 Å². The third-order valence-corrected chi connectivity index (χ3v) is 10.7. The smallest absolute Gasteiger partial charge is 0.164 e. The second-order valence-electron chi connectivity index (χ2n) is 12.6. The van der Waals surface area contributed by atoms with Gasteiger partial charge in [-0.3, -0.25) is 0 Å². The molecule has 0 bridgehead atoms. The van der Waals surface area contributed by atoms with Gasteiger partial charge in [0.2, 0.25) is 0 Å². The molecule has 0 N–H and O–H groups in total.